The van der Waals surface area contributed by atoms with E-state index >= 15 is 0 Å². The Hall–Kier alpha value is -3.58. The van der Waals surface area contributed by atoms with Crippen molar-refractivity contribution in [3.63, 3.8) is 0 Å². The summed E-state index contributed by atoms with van der Waals surface area (Å²) < 4.78 is 0. The van der Waals surface area contributed by atoms with Gasteiger partial charge in [0.1, 0.15) is 11.5 Å². The molecule has 174 valence electrons. The highest BCUT2D eigenvalue weighted by Crippen LogP contribution is 2.51. The van der Waals surface area contributed by atoms with Crippen molar-refractivity contribution in [3.05, 3.63) is 54.5 Å². The molecular formula is C28H27N7. The molecular weight excluding hydrogens is 434 g/mol. The number of fused-ring (bicyclic) bond motifs is 5. The number of nitrogens with one attached hydrogen (secondary N) is 3. The van der Waals surface area contributed by atoms with Crippen LogP contribution in [-0.2, 0) is 0 Å². The van der Waals surface area contributed by atoms with Crippen molar-refractivity contribution in [3.8, 4) is 11.4 Å². The minimum Gasteiger partial charge on any atom is -0.364 e. The summed E-state index contributed by atoms with van der Waals surface area (Å²) in [4.78, 5) is 23.1. The molecule has 0 radical (unpaired) electrons. The third-order valence-corrected chi connectivity index (χ3v) is 8.56. The van der Waals surface area contributed by atoms with E-state index < -0.39 is 0 Å². The first kappa shape index (κ1) is 19.7. The van der Waals surface area contributed by atoms with Gasteiger partial charge in [-0.2, -0.15) is 0 Å². The Labute approximate surface area is 202 Å². The SMILES string of the molecule is c1ccc2c(c1)[nH]c1nccc(-c3nc(N[C@@]45CCNC[C@@H]4C5)c4c(C5CCC5)cncc4n3)c12. The summed E-state index contributed by atoms with van der Waals surface area (Å²) >= 11 is 0. The fourth-order valence-corrected chi connectivity index (χ4v) is 6.30. The average Bonchev–Trinajstić information content (AvgIpc) is 3.44. The molecule has 7 nitrogen and oxygen atoms in total. The van der Waals surface area contributed by atoms with Crippen LogP contribution in [-0.4, -0.2) is 43.5 Å². The normalized spacial score (nSPS) is 23.9. The molecule has 1 aliphatic heterocycles. The summed E-state index contributed by atoms with van der Waals surface area (Å²) in [6.07, 6.45) is 11.9. The summed E-state index contributed by atoms with van der Waals surface area (Å²) in [5.74, 6) is 2.93. The number of rotatable bonds is 4. The highest BCUT2D eigenvalue weighted by Gasteiger charge is 2.55. The molecule has 0 unspecified atom stereocenters. The third-order valence-electron chi connectivity index (χ3n) is 8.56. The van der Waals surface area contributed by atoms with Gasteiger partial charge in [-0.05, 0) is 61.8 Å². The van der Waals surface area contributed by atoms with Crippen LogP contribution in [0.2, 0.25) is 0 Å². The zero-order chi connectivity index (χ0) is 23.0. The summed E-state index contributed by atoms with van der Waals surface area (Å²) in [5, 5.41) is 10.9. The molecule has 1 aromatic carbocycles. The minimum absolute atomic E-state index is 0.151. The second kappa shape index (κ2) is 7.21. The van der Waals surface area contributed by atoms with Crippen LogP contribution in [0.25, 0.3) is 44.2 Å². The van der Waals surface area contributed by atoms with Crippen LogP contribution in [0.4, 0.5) is 5.82 Å². The van der Waals surface area contributed by atoms with Crippen LogP contribution in [0.5, 0.6) is 0 Å². The Morgan fingerprint density at radius 3 is 2.86 bits per heavy atom. The Morgan fingerprint density at radius 2 is 1.97 bits per heavy atom. The fraction of sp³-hybridized carbons (Fsp3) is 0.357. The first-order valence-corrected chi connectivity index (χ1v) is 12.8. The molecule has 3 N–H and O–H groups in total. The zero-order valence-corrected chi connectivity index (χ0v) is 19.5. The lowest BCUT2D eigenvalue weighted by Crippen LogP contribution is -2.38. The number of aromatic nitrogens is 5. The molecule has 35 heavy (non-hydrogen) atoms. The largest absolute Gasteiger partial charge is 0.364 e. The first-order chi connectivity index (χ1) is 17.3. The van der Waals surface area contributed by atoms with E-state index in [4.69, 9.17) is 9.97 Å². The minimum atomic E-state index is 0.151. The Bertz CT molecular complexity index is 1620. The number of piperidine rings is 1. The van der Waals surface area contributed by atoms with Gasteiger partial charge in [0.25, 0.3) is 0 Å². The molecule has 8 rings (SSSR count). The highest BCUT2D eigenvalue weighted by molar-refractivity contribution is 6.12. The van der Waals surface area contributed by atoms with Crippen LogP contribution in [0.1, 0.15) is 43.6 Å². The maximum Gasteiger partial charge on any atom is 0.163 e. The number of benzene rings is 1. The van der Waals surface area contributed by atoms with Crippen molar-refractivity contribution < 1.29 is 0 Å². The second-order valence-corrected chi connectivity index (χ2v) is 10.5. The van der Waals surface area contributed by atoms with Gasteiger partial charge in [0.15, 0.2) is 5.82 Å². The lowest BCUT2D eigenvalue weighted by molar-refractivity contribution is 0.421. The standard InChI is InChI=1S/C28H27N7/c1-2-7-21-18(6-1)23-19(8-10-31-26(23)32-21)25-33-22-15-30-14-20(16-4-3-5-16)24(22)27(34-25)35-28-9-11-29-13-17(28)12-28/h1-2,6-8,10,14-17,29H,3-5,9,11-13H2,(H,31,32)(H,33,34,35)/t17-,28+/m0/s1. The van der Waals surface area contributed by atoms with Gasteiger partial charge >= 0.3 is 0 Å². The quantitative estimate of drug-likeness (QED) is 0.343. The van der Waals surface area contributed by atoms with Crippen molar-refractivity contribution in [1.82, 2.24) is 30.2 Å². The fourth-order valence-electron chi connectivity index (χ4n) is 6.30. The Balaban J connectivity index is 1.37. The number of anilines is 1. The van der Waals surface area contributed by atoms with Gasteiger partial charge in [-0.25, -0.2) is 15.0 Å². The van der Waals surface area contributed by atoms with E-state index in [0.29, 0.717) is 11.8 Å². The molecule has 2 saturated carbocycles. The lowest BCUT2D eigenvalue weighted by Gasteiger charge is -2.29. The van der Waals surface area contributed by atoms with Gasteiger partial charge in [0.2, 0.25) is 0 Å². The molecule has 5 heterocycles. The van der Waals surface area contributed by atoms with Crippen molar-refractivity contribution in [2.24, 2.45) is 5.92 Å². The summed E-state index contributed by atoms with van der Waals surface area (Å²) in [7, 11) is 0. The molecule has 5 aromatic rings. The molecule has 0 spiro atoms. The van der Waals surface area contributed by atoms with Crippen molar-refractivity contribution >= 4 is 38.7 Å². The lowest BCUT2D eigenvalue weighted by atomic mass is 9.79. The molecule has 2 atom stereocenters. The van der Waals surface area contributed by atoms with Gasteiger partial charge in [0.05, 0.1) is 11.7 Å². The van der Waals surface area contributed by atoms with Crippen molar-refractivity contribution in [2.75, 3.05) is 18.4 Å². The summed E-state index contributed by atoms with van der Waals surface area (Å²) in [6.45, 7) is 2.14. The van der Waals surface area contributed by atoms with Gasteiger partial charge in [0, 0.05) is 51.7 Å². The molecule has 7 heteroatoms. The van der Waals surface area contributed by atoms with E-state index in [2.05, 4.69) is 50.0 Å². The summed E-state index contributed by atoms with van der Waals surface area (Å²) in [5.41, 5.74) is 5.32. The molecule has 0 amide bonds. The van der Waals surface area contributed by atoms with Crippen molar-refractivity contribution in [2.45, 2.75) is 43.6 Å². The van der Waals surface area contributed by atoms with Crippen LogP contribution >= 0.6 is 0 Å². The van der Waals surface area contributed by atoms with Crippen molar-refractivity contribution in [1.29, 1.82) is 0 Å². The van der Waals surface area contributed by atoms with E-state index in [0.717, 1.165) is 69.6 Å². The van der Waals surface area contributed by atoms with E-state index in [1.165, 1.54) is 31.2 Å². The van der Waals surface area contributed by atoms with E-state index in [1.54, 1.807) is 0 Å². The van der Waals surface area contributed by atoms with Gasteiger partial charge in [-0.15, -0.1) is 0 Å². The van der Waals surface area contributed by atoms with Crippen LogP contribution in [0.3, 0.4) is 0 Å². The maximum atomic E-state index is 5.26. The Kier molecular flexibility index (Phi) is 4.06. The molecule has 1 saturated heterocycles. The molecule has 3 fully saturated rings. The number of aromatic amines is 1. The smallest absolute Gasteiger partial charge is 0.163 e. The average molecular weight is 462 g/mol. The first-order valence-electron chi connectivity index (χ1n) is 12.8. The molecule has 0 bridgehead atoms. The maximum absolute atomic E-state index is 5.26. The van der Waals surface area contributed by atoms with Gasteiger partial charge in [-0.3, -0.25) is 4.98 Å². The highest BCUT2D eigenvalue weighted by atomic mass is 15.2. The van der Waals surface area contributed by atoms with E-state index in [9.17, 15) is 0 Å². The monoisotopic (exact) mass is 461 g/mol. The van der Waals surface area contributed by atoms with Gasteiger partial charge < -0.3 is 15.6 Å². The predicted molar refractivity (Wildman–Crippen MR) is 138 cm³/mol. The topological polar surface area (TPSA) is 91.4 Å². The zero-order valence-electron chi connectivity index (χ0n) is 19.5. The molecule has 3 aliphatic rings. The van der Waals surface area contributed by atoms with Crippen LogP contribution < -0.4 is 10.6 Å². The number of hydrogen-bond acceptors (Lipinski definition) is 6. The molecule has 4 aromatic heterocycles. The van der Waals surface area contributed by atoms with Crippen LogP contribution in [0, 0.1) is 5.92 Å². The van der Waals surface area contributed by atoms with E-state index in [-0.39, 0.29) is 5.54 Å². The third kappa shape index (κ3) is 2.94. The number of nitrogens with zero attached hydrogens (tertiary/aromatic N) is 4. The van der Waals surface area contributed by atoms with Gasteiger partial charge in [-0.1, -0.05) is 24.6 Å². The van der Waals surface area contributed by atoms with Crippen LogP contribution in [0.15, 0.2) is 48.9 Å². The number of hydrogen-bond donors (Lipinski definition) is 3. The predicted octanol–water partition coefficient (Wildman–Crippen LogP) is 5.15. The number of para-hydroxylation sites is 1. The second-order valence-electron chi connectivity index (χ2n) is 10.5. The van der Waals surface area contributed by atoms with E-state index in [1.807, 2.05) is 24.5 Å². The number of H-pyrrole nitrogens is 1. The molecule has 2 aliphatic carbocycles. The number of pyridine rings is 2. The summed E-state index contributed by atoms with van der Waals surface area (Å²) in [6, 6.07) is 10.4. The Morgan fingerprint density at radius 1 is 1.03 bits per heavy atom.